The molecule has 0 aromatic heterocycles. The van der Waals surface area contributed by atoms with Gasteiger partial charge in [-0.05, 0) is 26.0 Å². The van der Waals surface area contributed by atoms with Crippen molar-refractivity contribution in [3.05, 3.63) is 29.8 Å². The zero-order chi connectivity index (χ0) is 14.3. The summed E-state index contributed by atoms with van der Waals surface area (Å²) in [6, 6.07) is 5.78. The Balaban J connectivity index is 2.42. The molecule has 0 aliphatic rings. The second-order valence-corrected chi connectivity index (χ2v) is 3.44. The van der Waals surface area contributed by atoms with Crippen LogP contribution in [0.15, 0.2) is 24.3 Å². The van der Waals surface area contributed by atoms with E-state index in [9.17, 15) is 14.7 Å². The van der Waals surface area contributed by atoms with Gasteiger partial charge in [0, 0.05) is 6.61 Å². The third-order valence-corrected chi connectivity index (χ3v) is 2.03. The van der Waals surface area contributed by atoms with E-state index < -0.39 is 18.4 Å². The zero-order valence-electron chi connectivity index (χ0n) is 10.6. The Bertz CT molecular complexity index is 448. The summed E-state index contributed by atoms with van der Waals surface area (Å²) in [6.07, 6.45) is -1.72. The molecular formula is C12H15NO6. The standard InChI is InChI=1S/C12H15NO6/c1-3-17-8(2)18-12(16)13-19-11(15)9-6-4-5-7-10(9)14/h4-8,14H,3H2,1-2H3,(H,13,16). The molecule has 0 bridgehead atoms. The lowest BCUT2D eigenvalue weighted by Gasteiger charge is -2.13. The van der Waals surface area contributed by atoms with E-state index in [2.05, 4.69) is 4.84 Å². The van der Waals surface area contributed by atoms with Crippen molar-refractivity contribution in [2.24, 2.45) is 0 Å². The highest BCUT2D eigenvalue weighted by Crippen LogP contribution is 2.15. The van der Waals surface area contributed by atoms with Crippen molar-refractivity contribution in [2.75, 3.05) is 6.61 Å². The molecule has 0 saturated heterocycles. The normalized spacial score (nSPS) is 11.5. The molecule has 0 aliphatic carbocycles. The quantitative estimate of drug-likeness (QED) is 0.636. The van der Waals surface area contributed by atoms with Crippen LogP contribution in [0.4, 0.5) is 4.79 Å². The van der Waals surface area contributed by atoms with Crippen LogP contribution in [0.1, 0.15) is 24.2 Å². The lowest BCUT2D eigenvalue weighted by atomic mass is 10.2. The first kappa shape index (κ1) is 14.8. The summed E-state index contributed by atoms with van der Waals surface area (Å²) in [5, 5.41) is 9.40. The second kappa shape index (κ2) is 7.22. The van der Waals surface area contributed by atoms with Crippen LogP contribution in [-0.2, 0) is 14.3 Å². The van der Waals surface area contributed by atoms with Gasteiger partial charge in [-0.1, -0.05) is 12.1 Å². The molecule has 104 valence electrons. The third-order valence-electron chi connectivity index (χ3n) is 2.03. The van der Waals surface area contributed by atoms with Crippen molar-refractivity contribution in [1.82, 2.24) is 5.48 Å². The minimum Gasteiger partial charge on any atom is -0.507 e. The maximum atomic E-state index is 11.5. The van der Waals surface area contributed by atoms with Crippen molar-refractivity contribution in [3.8, 4) is 5.75 Å². The molecule has 0 aliphatic heterocycles. The molecule has 1 unspecified atom stereocenters. The number of hydrogen-bond acceptors (Lipinski definition) is 6. The molecule has 1 rings (SSSR count). The van der Waals surface area contributed by atoms with E-state index in [0.29, 0.717) is 6.61 Å². The Morgan fingerprint density at radius 2 is 2.05 bits per heavy atom. The Hall–Kier alpha value is -2.28. The summed E-state index contributed by atoms with van der Waals surface area (Å²) in [7, 11) is 0. The number of amides is 1. The smallest absolute Gasteiger partial charge is 0.443 e. The molecule has 19 heavy (non-hydrogen) atoms. The number of phenolic OH excluding ortho intramolecular Hbond substituents is 1. The summed E-state index contributed by atoms with van der Waals surface area (Å²) in [5.74, 6) is -1.15. The molecule has 1 aromatic rings. The summed E-state index contributed by atoms with van der Waals surface area (Å²) >= 11 is 0. The van der Waals surface area contributed by atoms with Gasteiger partial charge < -0.3 is 19.4 Å². The number of aromatic hydroxyl groups is 1. The number of rotatable bonds is 4. The second-order valence-electron chi connectivity index (χ2n) is 3.44. The summed E-state index contributed by atoms with van der Waals surface area (Å²) < 4.78 is 9.65. The fourth-order valence-electron chi connectivity index (χ4n) is 1.23. The van der Waals surface area contributed by atoms with Gasteiger partial charge in [0.1, 0.15) is 11.3 Å². The number of ether oxygens (including phenoxy) is 2. The third kappa shape index (κ3) is 4.84. The van der Waals surface area contributed by atoms with Gasteiger partial charge in [0.15, 0.2) is 0 Å². The molecule has 7 heteroatoms. The van der Waals surface area contributed by atoms with E-state index in [1.54, 1.807) is 24.5 Å². The molecule has 0 spiro atoms. The number of hydroxylamine groups is 1. The van der Waals surface area contributed by atoms with Gasteiger partial charge in [-0.25, -0.2) is 9.59 Å². The fraction of sp³-hybridized carbons (Fsp3) is 0.333. The number of benzene rings is 1. The van der Waals surface area contributed by atoms with Crippen molar-refractivity contribution in [1.29, 1.82) is 0 Å². The Labute approximate surface area is 110 Å². The van der Waals surface area contributed by atoms with Gasteiger partial charge in [-0.3, -0.25) is 0 Å². The molecule has 0 fully saturated rings. The van der Waals surface area contributed by atoms with Crippen LogP contribution in [0.5, 0.6) is 5.75 Å². The van der Waals surface area contributed by atoms with Crippen LogP contribution < -0.4 is 5.48 Å². The van der Waals surface area contributed by atoms with Gasteiger partial charge in [-0.2, -0.15) is 0 Å². The van der Waals surface area contributed by atoms with Crippen molar-refractivity contribution in [2.45, 2.75) is 20.1 Å². The van der Waals surface area contributed by atoms with E-state index in [1.807, 2.05) is 0 Å². The van der Waals surface area contributed by atoms with Gasteiger partial charge in [0.25, 0.3) is 0 Å². The molecule has 7 nitrogen and oxygen atoms in total. The number of carbonyl (C=O) groups is 2. The lowest BCUT2D eigenvalue weighted by Crippen LogP contribution is -2.31. The maximum absolute atomic E-state index is 11.5. The first-order chi connectivity index (χ1) is 9.04. The minimum atomic E-state index is -0.968. The van der Waals surface area contributed by atoms with Crippen molar-refractivity contribution in [3.63, 3.8) is 0 Å². The molecule has 1 amide bonds. The average molecular weight is 269 g/mol. The maximum Gasteiger partial charge on any atom is 0.443 e. The van der Waals surface area contributed by atoms with E-state index in [1.165, 1.54) is 19.1 Å². The van der Waals surface area contributed by atoms with E-state index in [-0.39, 0.29) is 11.3 Å². The van der Waals surface area contributed by atoms with Crippen LogP contribution in [0.25, 0.3) is 0 Å². The largest absolute Gasteiger partial charge is 0.507 e. The summed E-state index contributed by atoms with van der Waals surface area (Å²) in [4.78, 5) is 27.2. The summed E-state index contributed by atoms with van der Waals surface area (Å²) in [5.41, 5.74) is 1.73. The number of nitrogens with one attached hydrogen (secondary N) is 1. The Kier molecular flexibility index (Phi) is 5.62. The average Bonchev–Trinajstić information content (AvgIpc) is 2.36. The van der Waals surface area contributed by atoms with Gasteiger partial charge in [0.2, 0.25) is 6.29 Å². The number of carbonyl (C=O) groups excluding carboxylic acids is 2. The molecule has 1 atom stereocenters. The first-order valence-corrected chi connectivity index (χ1v) is 5.62. The molecular weight excluding hydrogens is 254 g/mol. The SMILES string of the molecule is CCOC(C)OC(=O)NOC(=O)c1ccccc1O. The predicted octanol–water partition coefficient (Wildman–Crippen LogP) is 1.57. The van der Waals surface area contributed by atoms with E-state index in [4.69, 9.17) is 9.47 Å². The lowest BCUT2D eigenvalue weighted by molar-refractivity contribution is -0.0952. The van der Waals surface area contributed by atoms with Crippen LogP contribution in [0.3, 0.4) is 0 Å². The van der Waals surface area contributed by atoms with E-state index >= 15 is 0 Å². The molecule has 2 N–H and O–H groups in total. The number of phenols is 1. The van der Waals surface area contributed by atoms with Gasteiger partial charge in [-0.15, -0.1) is 5.48 Å². The minimum absolute atomic E-state index is 0.0688. The highest BCUT2D eigenvalue weighted by atomic mass is 16.8. The molecule has 0 heterocycles. The van der Waals surface area contributed by atoms with Crippen LogP contribution in [0.2, 0.25) is 0 Å². The first-order valence-electron chi connectivity index (χ1n) is 5.62. The van der Waals surface area contributed by atoms with Crippen molar-refractivity contribution < 1.29 is 29.0 Å². The molecule has 0 saturated carbocycles. The molecule has 1 aromatic carbocycles. The zero-order valence-corrected chi connectivity index (χ0v) is 10.6. The van der Waals surface area contributed by atoms with Crippen LogP contribution in [-0.4, -0.2) is 30.1 Å². The topological polar surface area (TPSA) is 94.1 Å². The monoisotopic (exact) mass is 269 g/mol. The highest BCUT2D eigenvalue weighted by molar-refractivity contribution is 5.92. The van der Waals surface area contributed by atoms with Gasteiger partial charge in [0.05, 0.1) is 0 Å². The fourth-order valence-corrected chi connectivity index (χ4v) is 1.23. The van der Waals surface area contributed by atoms with Crippen LogP contribution in [0, 0.1) is 0 Å². The Morgan fingerprint density at radius 1 is 1.37 bits per heavy atom. The number of para-hydroxylation sites is 1. The van der Waals surface area contributed by atoms with Crippen LogP contribution >= 0.6 is 0 Å². The highest BCUT2D eigenvalue weighted by Gasteiger charge is 2.15. The summed E-state index contributed by atoms with van der Waals surface area (Å²) in [6.45, 7) is 3.65. The van der Waals surface area contributed by atoms with Gasteiger partial charge >= 0.3 is 12.1 Å². The number of hydrogen-bond donors (Lipinski definition) is 2. The van der Waals surface area contributed by atoms with Crippen molar-refractivity contribution >= 4 is 12.1 Å². The Morgan fingerprint density at radius 3 is 2.68 bits per heavy atom. The molecule has 0 radical (unpaired) electrons. The van der Waals surface area contributed by atoms with E-state index in [0.717, 1.165) is 0 Å². The predicted molar refractivity (Wildman–Crippen MR) is 64.2 cm³/mol.